The van der Waals surface area contributed by atoms with E-state index in [0.29, 0.717) is 12.0 Å². The minimum Gasteiger partial charge on any atom is -0.504 e. The molecule has 1 aromatic rings. The third kappa shape index (κ3) is 2.58. The summed E-state index contributed by atoms with van der Waals surface area (Å²) in [7, 11) is 0. The minimum absolute atomic E-state index is 0.175. The van der Waals surface area contributed by atoms with Crippen molar-refractivity contribution in [1.29, 1.82) is 0 Å². The van der Waals surface area contributed by atoms with E-state index in [1.165, 1.54) is 12.1 Å². The fraction of sp³-hybridized carbons (Fsp3) is 0.125. The van der Waals surface area contributed by atoms with Gasteiger partial charge in [-0.15, -0.1) is 0 Å². The molecule has 2 aliphatic rings. The van der Waals surface area contributed by atoms with Crippen LogP contribution in [0.3, 0.4) is 0 Å². The number of amides is 2. The Hall–Kier alpha value is -2.82. The molecule has 0 bridgehead atoms. The summed E-state index contributed by atoms with van der Waals surface area (Å²) in [4.78, 5) is 23.1. The second kappa shape index (κ2) is 4.94. The lowest BCUT2D eigenvalue weighted by molar-refractivity contribution is -0.129. The van der Waals surface area contributed by atoms with Gasteiger partial charge in [0.2, 0.25) is 5.91 Å². The van der Waals surface area contributed by atoms with Gasteiger partial charge in [-0.05, 0) is 28.8 Å². The van der Waals surface area contributed by atoms with Crippen molar-refractivity contribution in [2.45, 2.75) is 12.8 Å². The van der Waals surface area contributed by atoms with Crippen molar-refractivity contribution < 1.29 is 19.8 Å². The van der Waals surface area contributed by atoms with Crippen molar-refractivity contribution in [3.8, 4) is 11.5 Å². The summed E-state index contributed by atoms with van der Waals surface area (Å²) in [6, 6.07) is 4.53. The van der Waals surface area contributed by atoms with Crippen molar-refractivity contribution in [2.24, 2.45) is 0 Å². The van der Waals surface area contributed by atoms with Gasteiger partial charge in [-0.3, -0.25) is 14.9 Å². The molecule has 0 atom stereocenters. The first-order valence-electron chi connectivity index (χ1n) is 6.50. The highest BCUT2D eigenvalue weighted by Gasteiger charge is 2.26. The van der Waals surface area contributed by atoms with Gasteiger partial charge in [-0.2, -0.15) is 0 Å². The number of imide groups is 1. The summed E-state index contributed by atoms with van der Waals surface area (Å²) < 4.78 is 0. The quantitative estimate of drug-likeness (QED) is 0.541. The fourth-order valence-electron chi connectivity index (χ4n) is 2.44. The van der Waals surface area contributed by atoms with Crippen LogP contribution in [0.15, 0.2) is 47.1 Å². The highest BCUT2D eigenvalue weighted by molar-refractivity contribution is 6.09. The van der Waals surface area contributed by atoms with Gasteiger partial charge < -0.3 is 10.2 Å². The summed E-state index contributed by atoms with van der Waals surface area (Å²) in [5.41, 5.74) is 2.98. The molecule has 1 heterocycles. The predicted octanol–water partition coefficient (Wildman–Crippen LogP) is 1.78. The first kappa shape index (κ1) is 13.2. The van der Waals surface area contributed by atoms with E-state index in [0.717, 1.165) is 16.7 Å². The van der Waals surface area contributed by atoms with Crippen LogP contribution in [0, 0.1) is 0 Å². The molecule has 5 heteroatoms. The number of hydrogen-bond donors (Lipinski definition) is 3. The molecule has 106 valence electrons. The smallest absolute Gasteiger partial charge is 0.254 e. The number of allylic oxidation sites excluding steroid dienone is 3. The average molecular weight is 283 g/mol. The molecule has 1 aliphatic heterocycles. The summed E-state index contributed by atoms with van der Waals surface area (Å²) in [6.07, 6.45) is 6.12. The van der Waals surface area contributed by atoms with Gasteiger partial charge >= 0.3 is 0 Å². The number of phenols is 2. The summed E-state index contributed by atoms with van der Waals surface area (Å²) in [5, 5.41) is 21.1. The Morgan fingerprint density at radius 2 is 1.86 bits per heavy atom. The molecule has 0 unspecified atom stereocenters. The largest absolute Gasteiger partial charge is 0.504 e. The summed E-state index contributed by atoms with van der Waals surface area (Å²) in [6.45, 7) is 0. The van der Waals surface area contributed by atoms with E-state index in [1.807, 2.05) is 12.2 Å². The molecule has 0 spiro atoms. The standard InChI is InChI=1S/C16H13NO4/c18-13-4-2-10(7-14(13)19)5-9-1-3-11-8-15(20)17-16(21)12(11)6-9/h1-5,7,18-19H,6,8H2,(H,17,20,21). The van der Waals surface area contributed by atoms with E-state index in [1.54, 1.807) is 12.1 Å². The Morgan fingerprint density at radius 1 is 1.05 bits per heavy atom. The van der Waals surface area contributed by atoms with Crippen LogP contribution in [0.5, 0.6) is 11.5 Å². The van der Waals surface area contributed by atoms with Gasteiger partial charge in [0.1, 0.15) is 0 Å². The van der Waals surface area contributed by atoms with Crippen LogP contribution >= 0.6 is 0 Å². The van der Waals surface area contributed by atoms with E-state index in [9.17, 15) is 19.8 Å². The lowest BCUT2D eigenvalue weighted by atomic mass is 9.88. The molecule has 0 saturated heterocycles. The number of nitrogens with one attached hydrogen (secondary N) is 1. The van der Waals surface area contributed by atoms with Crippen molar-refractivity contribution in [1.82, 2.24) is 5.32 Å². The number of benzene rings is 1. The maximum absolute atomic E-state index is 11.8. The van der Waals surface area contributed by atoms with Gasteiger partial charge in [-0.1, -0.05) is 24.3 Å². The Morgan fingerprint density at radius 3 is 2.62 bits per heavy atom. The Balaban J connectivity index is 1.89. The molecule has 3 rings (SSSR count). The van der Waals surface area contributed by atoms with Crippen LogP contribution in [0.25, 0.3) is 6.08 Å². The second-order valence-electron chi connectivity index (χ2n) is 5.04. The number of rotatable bonds is 1. The van der Waals surface area contributed by atoms with Crippen LogP contribution in [-0.2, 0) is 9.59 Å². The van der Waals surface area contributed by atoms with E-state index < -0.39 is 0 Å². The second-order valence-corrected chi connectivity index (χ2v) is 5.04. The molecule has 1 aromatic carbocycles. The maximum Gasteiger partial charge on any atom is 0.254 e. The zero-order valence-corrected chi connectivity index (χ0v) is 11.1. The van der Waals surface area contributed by atoms with Crippen molar-refractivity contribution in [3.63, 3.8) is 0 Å². The molecule has 2 amide bonds. The topological polar surface area (TPSA) is 86.6 Å². The number of carbonyl (C=O) groups is 2. The van der Waals surface area contributed by atoms with Crippen molar-refractivity contribution in [2.75, 3.05) is 0 Å². The lowest BCUT2D eigenvalue weighted by Gasteiger charge is -2.21. The van der Waals surface area contributed by atoms with Crippen LogP contribution < -0.4 is 5.32 Å². The summed E-state index contributed by atoms with van der Waals surface area (Å²) in [5.74, 6) is -0.985. The van der Waals surface area contributed by atoms with E-state index in [4.69, 9.17) is 0 Å². The minimum atomic E-state index is -0.343. The predicted molar refractivity (Wildman–Crippen MR) is 76.3 cm³/mol. The first-order valence-corrected chi connectivity index (χ1v) is 6.50. The zero-order chi connectivity index (χ0) is 15.0. The normalized spacial score (nSPS) is 19.7. The average Bonchev–Trinajstić information content (AvgIpc) is 2.43. The van der Waals surface area contributed by atoms with Gasteiger partial charge in [-0.25, -0.2) is 0 Å². The third-order valence-electron chi connectivity index (χ3n) is 3.50. The number of phenolic OH excluding ortho intramolecular Hbond substituents is 2. The third-order valence-corrected chi connectivity index (χ3v) is 3.50. The maximum atomic E-state index is 11.8. The Labute approximate surface area is 120 Å². The molecular formula is C16H13NO4. The molecule has 0 saturated carbocycles. The number of hydrogen-bond acceptors (Lipinski definition) is 4. The lowest BCUT2D eigenvalue weighted by Crippen LogP contribution is -2.37. The first-order chi connectivity index (χ1) is 10.0. The van der Waals surface area contributed by atoms with E-state index >= 15 is 0 Å². The number of carbonyl (C=O) groups excluding carboxylic acids is 2. The number of aromatic hydroxyl groups is 2. The van der Waals surface area contributed by atoms with E-state index in [-0.39, 0.29) is 29.7 Å². The molecule has 21 heavy (non-hydrogen) atoms. The Kier molecular flexibility index (Phi) is 3.10. The van der Waals surface area contributed by atoms with Gasteiger partial charge in [0, 0.05) is 12.0 Å². The molecule has 1 aliphatic carbocycles. The van der Waals surface area contributed by atoms with Gasteiger partial charge in [0.25, 0.3) is 5.91 Å². The molecule has 0 aromatic heterocycles. The molecule has 3 N–H and O–H groups in total. The highest BCUT2D eigenvalue weighted by atomic mass is 16.3. The SMILES string of the molecule is O=C1CC2=C(CC(=Cc3ccc(O)c(O)c3)C=C2)C(=O)N1. The summed E-state index contributed by atoms with van der Waals surface area (Å²) >= 11 is 0. The van der Waals surface area contributed by atoms with Crippen molar-refractivity contribution >= 4 is 17.9 Å². The monoisotopic (exact) mass is 283 g/mol. The fourth-order valence-corrected chi connectivity index (χ4v) is 2.44. The van der Waals surface area contributed by atoms with Crippen LogP contribution in [0.4, 0.5) is 0 Å². The van der Waals surface area contributed by atoms with Gasteiger partial charge in [0.15, 0.2) is 11.5 Å². The zero-order valence-electron chi connectivity index (χ0n) is 11.1. The van der Waals surface area contributed by atoms with Gasteiger partial charge in [0.05, 0.1) is 6.42 Å². The van der Waals surface area contributed by atoms with Crippen LogP contribution in [0.2, 0.25) is 0 Å². The van der Waals surface area contributed by atoms with E-state index in [2.05, 4.69) is 5.32 Å². The van der Waals surface area contributed by atoms with Crippen LogP contribution in [0.1, 0.15) is 18.4 Å². The molecule has 5 nitrogen and oxygen atoms in total. The van der Waals surface area contributed by atoms with Crippen molar-refractivity contribution in [3.05, 3.63) is 52.6 Å². The Bertz CT molecular complexity index is 741. The highest BCUT2D eigenvalue weighted by Crippen LogP contribution is 2.31. The molecule has 0 fully saturated rings. The van der Waals surface area contributed by atoms with Crippen LogP contribution in [-0.4, -0.2) is 22.0 Å². The molecule has 0 radical (unpaired) electrons. The molecular weight excluding hydrogens is 270 g/mol.